The Balaban J connectivity index is 2.26. The normalized spacial score (nSPS) is 18.4. The van der Waals surface area contributed by atoms with Crippen molar-refractivity contribution in [2.75, 3.05) is 11.4 Å². The van der Waals surface area contributed by atoms with Gasteiger partial charge in [0.25, 0.3) is 0 Å². The van der Waals surface area contributed by atoms with Gasteiger partial charge < -0.3 is 15.7 Å². The van der Waals surface area contributed by atoms with Crippen LogP contribution >= 0.6 is 0 Å². The first kappa shape index (κ1) is 14.3. The predicted octanol–water partition coefficient (Wildman–Crippen LogP) is 1.49. The van der Waals surface area contributed by atoms with Gasteiger partial charge in [-0.1, -0.05) is 24.3 Å². The summed E-state index contributed by atoms with van der Waals surface area (Å²) in [6, 6.07) is 6.75. The van der Waals surface area contributed by atoms with E-state index >= 15 is 0 Å². The zero-order valence-corrected chi connectivity index (χ0v) is 11.2. The van der Waals surface area contributed by atoms with Crippen molar-refractivity contribution in [3.8, 4) is 0 Å². The molecule has 1 aromatic carbocycles. The van der Waals surface area contributed by atoms with Crippen molar-refractivity contribution in [1.29, 1.82) is 0 Å². The van der Waals surface area contributed by atoms with Crippen LogP contribution in [0.15, 0.2) is 36.9 Å². The van der Waals surface area contributed by atoms with Crippen LogP contribution in [-0.2, 0) is 9.59 Å². The van der Waals surface area contributed by atoms with Gasteiger partial charge in [0.2, 0.25) is 5.91 Å². The summed E-state index contributed by atoms with van der Waals surface area (Å²) in [5.41, 5.74) is 7.50. The van der Waals surface area contributed by atoms with Crippen molar-refractivity contribution in [2.24, 2.45) is 5.73 Å². The molecular formula is C15H18N2O3. The van der Waals surface area contributed by atoms with Crippen molar-refractivity contribution >= 4 is 17.6 Å². The van der Waals surface area contributed by atoms with Crippen LogP contribution in [0.5, 0.6) is 0 Å². The molecule has 0 bridgehead atoms. The summed E-state index contributed by atoms with van der Waals surface area (Å²) in [6.45, 7) is 3.95. The smallest absolute Gasteiger partial charge is 0.304 e. The van der Waals surface area contributed by atoms with Gasteiger partial charge in [-0.2, -0.15) is 0 Å². The number of para-hydroxylation sites is 1. The number of nitrogens with two attached hydrogens (primary N) is 1. The van der Waals surface area contributed by atoms with Crippen molar-refractivity contribution in [3.05, 3.63) is 42.5 Å². The lowest BCUT2D eigenvalue weighted by molar-refractivity contribution is -0.137. The molecule has 1 amide bonds. The molecule has 0 saturated heterocycles. The van der Waals surface area contributed by atoms with Crippen molar-refractivity contribution in [2.45, 2.75) is 24.8 Å². The molecule has 0 fully saturated rings. The molecule has 2 atom stereocenters. The monoisotopic (exact) mass is 274 g/mol. The molecule has 0 radical (unpaired) electrons. The van der Waals surface area contributed by atoms with Gasteiger partial charge in [-0.3, -0.25) is 9.59 Å². The van der Waals surface area contributed by atoms with E-state index in [1.165, 1.54) is 0 Å². The maximum absolute atomic E-state index is 12.3. The van der Waals surface area contributed by atoms with Crippen LogP contribution in [0.1, 0.15) is 24.3 Å². The molecule has 0 aromatic heterocycles. The molecule has 1 aromatic rings. The fraction of sp³-hybridized carbons (Fsp3) is 0.333. The number of carboxylic acid groups (broad SMARTS) is 1. The minimum absolute atomic E-state index is 0.0114. The highest BCUT2D eigenvalue weighted by atomic mass is 16.4. The molecule has 106 valence electrons. The summed E-state index contributed by atoms with van der Waals surface area (Å²) >= 11 is 0. The molecule has 1 heterocycles. The zero-order chi connectivity index (χ0) is 14.7. The zero-order valence-electron chi connectivity index (χ0n) is 11.2. The molecule has 0 aliphatic carbocycles. The number of carbonyl (C=O) groups is 2. The van der Waals surface area contributed by atoms with Gasteiger partial charge in [-0.05, 0) is 18.1 Å². The Morgan fingerprint density at radius 3 is 2.85 bits per heavy atom. The summed E-state index contributed by atoms with van der Waals surface area (Å²) in [7, 11) is 0. The number of rotatable bonds is 5. The molecule has 1 aliphatic rings. The molecule has 0 spiro atoms. The van der Waals surface area contributed by atoms with Crippen LogP contribution in [0.4, 0.5) is 5.69 Å². The molecular weight excluding hydrogens is 256 g/mol. The minimum Gasteiger partial charge on any atom is -0.481 e. The van der Waals surface area contributed by atoms with E-state index in [4.69, 9.17) is 10.8 Å². The number of fused-ring (bicyclic) bond motifs is 1. The third-order valence-corrected chi connectivity index (χ3v) is 3.50. The number of carboxylic acids is 1. The summed E-state index contributed by atoms with van der Waals surface area (Å²) < 4.78 is 0. The van der Waals surface area contributed by atoms with Gasteiger partial charge in [0.1, 0.15) is 0 Å². The molecule has 3 N–H and O–H groups in total. The number of benzene rings is 1. The second-order valence-corrected chi connectivity index (χ2v) is 4.93. The number of carbonyl (C=O) groups excluding carboxylic acids is 1. The van der Waals surface area contributed by atoms with E-state index in [9.17, 15) is 9.59 Å². The van der Waals surface area contributed by atoms with Gasteiger partial charge >= 0.3 is 5.97 Å². The summed E-state index contributed by atoms with van der Waals surface area (Å²) in [4.78, 5) is 24.9. The highest BCUT2D eigenvalue weighted by Gasteiger charge is 2.34. The van der Waals surface area contributed by atoms with E-state index in [-0.39, 0.29) is 18.2 Å². The Morgan fingerprint density at radius 2 is 2.20 bits per heavy atom. The first-order valence-electron chi connectivity index (χ1n) is 6.53. The van der Waals surface area contributed by atoms with E-state index < -0.39 is 12.0 Å². The minimum atomic E-state index is -0.866. The lowest BCUT2D eigenvalue weighted by Gasteiger charge is -2.21. The average molecular weight is 274 g/mol. The molecule has 2 unspecified atom stereocenters. The van der Waals surface area contributed by atoms with Crippen molar-refractivity contribution in [1.82, 2.24) is 0 Å². The Labute approximate surface area is 117 Å². The number of nitrogens with zero attached hydrogens (tertiary/aromatic N) is 1. The molecule has 1 aliphatic heterocycles. The van der Waals surface area contributed by atoms with Gasteiger partial charge in [0.05, 0.1) is 12.5 Å². The second-order valence-electron chi connectivity index (χ2n) is 4.93. The van der Waals surface area contributed by atoms with Gasteiger partial charge in [0.15, 0.2) is 0 Å². The number of hydrogen-bond donors (Lipinski definition) is 2. The van der Waals surface area contributed by atoms with E-state index in [1.807, 2.05) is 24.3 Å². The first-order valence-corrected chi connectivity index (χ1v) is 6.53. The summed E-state index contributed by atoms with van der Waals surface area (Å²) in [5, 5.41) is 8.98. The highest BCUT2D eigenvalue weighted by molar-refractivity contribution is 5.99. The Bertz CT molecular complexity index is 542. The first-order chi connectivity index (χ1) is 9.54. The van der Waals surface area contributed by atoms with E-state index in [0.29, 0.717) is 13.0 Å². The number of hydrogen-bond acceptors (Lipinski definition) is 3. The molecule has 0 saturated carbocycles. The maximum Gasteiger partial charge on any atom is 0.304 e. The van der Waals surface area contributed by atoms with Crippen LogP contribution in [-0.4, -0.2) is 29.6 Å². The van der Waals surface area contributed by atoms with E-state index in [2.05, 4.69) is 6.58 Å². The number of amides is 1. The topological polar surface area (TPSA) is 83.6 Å². The fourth-order valence-corrected chi connectivity index (χ4v) is 2.57. The molecule has 5 heteroatoms. The maximum atomic E-state index is 12.3. The highest BCUT2D eigenvalue weighted by Crippen LogP contribution is 2.38. The van der Waals surface area contributed by atoms with Crippen molar-refractivity contribution in [3.63, 3.8) is 0 Å². The average Bonchev–Trinajstić information content (AvgIpc) is 2.77. The van der Waals surface area contributed by atoms with Gasteiger partial charge in [0, 0.05) is 18.2 Å². The SMILES string of the molecule is C=CCC(N)C(=O)N1CC(CC(=O)O)c2ccccc21. The lowest BCUT2D eigenvalue weighted by atomic mass is 9.98. The lowest BCUT2D eigenvalue weighted by Crippen LogP contribution is -2.43. The predicted molar refractivity (Wildman–Crippen MR) is 76.6 cm³/mol. The number of anilines is 1. The Hall–Kier alpha value is -2.14. The van der Waals surface area contributed by atoms with Crippen LogP contribution in [0.25, 0.3) is 0 Å². The third-order valence-electron chi connectivity index (χ3n) is 3.50. The molecule has 2 rings (SSSR count). The second kappa shape index (κ2) is 5.88. The summed E-state index contributed by atoms with van der Waals surface area (Å²) in [6.07, 6.45) is 2.03. The van der Waals surface area contributed by atoms with Gasteiger partial charge in [-0.15, -0.1) is 6.58 Å². The number of aliphatic carboxylic acids is 1. The Morgan fingerprint density at radius 1 is 1.50 bits per heavy atom. The van der Waals surface area contributed by atoms with Crippen LogP contribution in [0.3, 0.4) is 0 Å². The Kier molecular flexibility index (Phi) is 4.20. The van der Waals surface area contributed by atoms with Gasteiger partial charge in [-0.25, -0.2) is 0 Å². The quantitative estimate of drug-likeness (QED) is 0.797. The van der Waals surface area contributed by atoms with Crippen LogP contribution in [0.2, 0.25) is 0 Å². The third kappa shape index (κ3) is 2.72. The summed E-state index contributed by atoms with van der Waals surface area (Å²) in [5.74, 6) is -1.23. The molecule has 20 heavy (non-hydrogen) atoms. The largest absolute Gasteiger partial charge is 0.481 e. The van der Waals surface area contributed by atoms with E-state index in [1.54, 1.807) is 11.0 Å². The molecule has 5 nitrogen and oxygen atoms in total. The standard InChI is InChI=1S/C15H18N2O3/c1-2-5-12(16)15(20)17-9-10(8-14(18)19)11-6-3-4-7-13(11)17/h2-4,6-7,10,12H,1,5,8-9,16H2,(H,18,19). The van der Waals surface area contributed by atoms with Crippen LogP contribution < -0.4 is 10.6 Å². The fourth-order valence-electron chi connectivity index (χ4n) is 2.57. The van der Waals surface area contributed by atoms with Crippen LogP contribution in [0, 0.1) is 0 Å². The van der Waals surface area contributed by atoms with Crippen molar-refractivity contribution < 1.29 is 14.7 Å². The van der Waals surface area contributed by atoms with E-state index in [0.717, 1.165) is 11.3 Å².